The molecule has 1 saturated carbocycles. The third-order valence-electron chi connectivity index (χ3n) is 6.71. The molecule has 1 aliphatic heterocycles. The summed E-state index contributed by atoms with van der Waals surface area (Å²) in [5, 5.41) is 10.7. The highest BCUT2D eigenvalue weighted by Gasteiger charge is 2.56. The predicted octanol–water partition coefficient (Wildman–Crippen LogP) is 5.29. The number of benzene rings is 2. The molecule has 0 N–H and O–H groups in total. The van der Waals surface area contributed by atoms with E-state index in [-0.39, 0.29) is 24.1 Å². The van der Waals surface area contributed by atoms with Gasteiger partial charge in [0, 0.05) is 32.7 Å². The first kappa shape index (κ1) is 25.0. The lowest BCUT2D eigenvalue weighted by molar-refractivity contribution is -0.274. The smallest absolute Gasteiger partial charge is 0.406 e. The van der Waals surface area contributed by atoms with Crippen molar-refractivity contribution >= 4 is 17.4 Å². The lowest BCUT2D eigenvalue weighted by atomic mass is 10.1. The fraction of sp³-hybridized carbons (Fsp3) is 0.346. The summed E-state index contributed by atoms with van der Waals surface area (Å²) in [5.41, 5.74) is 3.78. The van der Waals surface area contributed by atoms with Gasteiger partial charge >= 0.3 is 12.5 Å². The zero-order chi connectivity index (χ0) is 26.0. The molecule has 1 amide bonds. The highest BCUT2D eigenvalue weighted by molar-refractivity contribution is 7.07. The Morgan fingerprint density at radius 2 is 1.92 bits per heavy atom. The molecular formula is C26H23F3N4O3S. The van der Waals surface area contributed by atoms with E-state index in [1.807, 2.05) is 18.2 Å². The highest BCUT2D eigenvalue weighted by Crippen LogP contribution is 2.52. The van der Waals surface area contributed by atoms with Gasteiger partial charge < -0.3 is 14.4 Å². The Balaban J connectivity index is 1.23. The second kappa shape index (κ2) is 10.4. The van der Waals surface area contributed by atoms with Gasteiger partial charge in [0.15, 0.2) is 0 Å². The van der Waals surface area contributed by atoms with E-state index >= 15 is 0 Å². The Morgan fingerprint density at radius 1 is 1.16 bits per heavy atom. The van der Waals surface area contributed by atoms with Crippen molar-refractivity contribution in [1.29, 1.82) is 5.26 Å². The molecule has 1 saturated heterocycles. The quantitative estimate of drug-likeness (QED) is 0.395. The largest absolute Gasteiger partial charge is 0.573 e. The number of ether oxygens (including phenoxy) is 2. The van der Waals surface area contributed by atoms with Gasteiger partial charge in [-0.05, 0) is 53.1 Å². The highest BCUT2D eigenvalue weighted by atomic mass is 32.1. The molecule has 3 aromatic rings. The first-order valence-corrected chi connectivity index (χ1v) is 12.6. The van der Waals surface area contributed by atoms with Crippen LogP contribution in [-0.2, 0) is 13.1 Å². The van der Waals surface area contributed by atoms with E-state index < -0.39 is 12.5 Å². The summed E-state index contributed by atoms with van der Waals surface area (Å²) < 4.78 is 47.4. The van der Waals surface area contributed by atoms with Crippen molar-refractivity contribution in [2.75, 3.05) is 19.6 Å². The molecule has 2 heterocycles. The maximum Gasteiger partial charge on any atom is 0.573 e. The molecule has 5 rings (SSSR count). The number of nitriles is 1. The topological polar surface area (TPSA) is 78.7 Å². The van der Waals surface area contributed by atoms with Gasteiger partial charge in [0.2, 0.25) is 5.88 Å². The first-order chi connectivity index (χ1) is 17.8. The van der Waals surface area contributed by atoms with E-state index in [1.54, 1.807) is 23.0 Å². The molecule has 2 aliphatic rings. The maximum absolute atomic E-state index is 13.0. The number of halogens is 3. The van der Waals surface area contributed by atoms with E-state index in [0.717, 1.165) is 25.2 Å². The molecule has 0 bridgehead atoms. The van der Waals surface area contributed by atoms with Crippen LogP contribution in [0.2, 0.25) is 0 Å². The zero-order valence-corrected chi connectivity index (χ0v) is 20.4. The van der Waals surface area contributed by atoms with Gasteiger partial charge in [0.05, 0.1) is 22.5 Å². The van der Waals surface area contributed by atoms with Gasteiger partial charge in [0.1, 0.15) is 5.75 Å². The SMILES string of the molecule is N#Cc1cccc(CN2CC3C(C2)C3CN(Cc2cccc(OC(F)(F)F)c2)C(=O)Oc2cscn2)c1. The minimum Gasteiger partial charge on any atom is -0.406 e. The van der Waals surface area contributed by atoms with E-state index in [4.69, 9.17) is 10.00 Å². The average molecular weight is 529 g/mol. The lowest BCUT2D eigenvalue weighted by Gasteiger charge is -2.25. The normalized spacial score (nSPS) is 20.6. The summed E-state index contributed by atoms with van der Waals surface area (Å²) in [6.45, 7) is 3.04. The van der Waals surface area contributed by atoms with Gasteiger partial charge in [0.25, 0.3) is 0 Å². The minimum atomic E-state index is -4.80. The number of carbonyl (C=O) groups is 1. The van der Waals surface area contributed by atoms with Crippen molar-refractivity contribution in [2.24, 2.45) is 17.8 Å². The number of fused-ring (bicyclic) bond motifs is 1. The number of aromatic nitrogens is 1. The van der Waals surface area contributed by atoms with Crippen molar-refractivity contribution in [3.63, 3.8) is 0 Å². The number of hydrogen-bond acceptors (Lipinski definition) is 7. The maximum atomic E-state index is 13.0. The molecular weight excluding hydrogens is 505 g/mol. The van der Waals surface area contributed by atoms with E-state index in [2.05, 4.69) is 20.7 Å². The summed E-state index contributed by atoms with van der Waals surface area (Å²) in [6.07, 6.45) is -5.39. The van der Waals surface area contributed by atoms with Crippen molar-refractivity contribution in [2.45, 2.75) is 19.5 Å². The molecule has 2 fully saturated rings. The summed E-state index contributed by atoms with van der Waals surface area (Å²) in [5.74, 6) is 0.981. The number of carbonyl (C=O) groups excluding carboxylic acids is 1. The van der Waals surface area contributed by atoms with Gasteiger partial charge in [-0.1, -0.05) is 24.3 Å². The summed E-state index contributed by atoms with van der Waals surface area (Å²) >= 11 is 1.29. The third kappa shape index (κ3) is 6.39. The Hall–Kier alpha value is -3.62. The standard InChI is InChI=1S/C26H23F3N4O3S/c27-26(28,29)36-20-6-2-5-19(8-20)11-33(25(34)35-24-15-37-16-31-24)14-23-21-12-32(13-22(21)23)10-18-4-1-3-17(7-18)9-30/h1-8,15-16,21-23H,10-14H2. The fourth-order valence-electron chi connectivity index (χ4n) is 5.06. The van der Waals surface area contributed by atoms with Crippen LogP contribution in [0.25, 0.3) is 0 Å². The fourth-order valence-corrected chi connectivity index (χ4v) is 5.51. The molecule has 1 aromatic heterocycles. The van der Waals surface area contributed by atoms with E-state index in [9.17, 15) is 18.0 Å². The van der Waals surface area contributed by atoms with Crippen molar-refractivity contribution in [3.05, 3.63) is 76.1 Å². The van der Waals surface area contributed by atoms with Gasteiger partial charge in [-0.2, -0.15) is 5.26 Å². The molecule has 2 atom stereocenters. The monoisotopic (exact) mass is 528 g/mol. The van der Waals surface area contributed by atoms with Crippen LogP contribution in [0.4, 0.5) is 18.0 Å². The number of piperidine rings is 1. The Kier molecular flexibility index (Phi) is 7.04. The summed E-state index contributed by atoms with van der Waals surface area (Å²) in [4.78, 5) is 20.9. The van der Waals surface area contributed by atoms with Crippen LogP contribution in [0, 0.1) is 29.1 Å². The van der Waals surface area contributed by atoms with Crippen LogP contribution in [-0.4, -0.2) is 46.9 Å². The lowest BCUT2D eigenvalue weighted by Crippen LogP contribution is -2.36. The molecule has 2 unspecified atom stereocenters. The number of thiazole rings is 1. The van der Waals surface area contributed by atoms with Crippen LogP contribution in [0.15, 0.2) is 59.4 Å². The number of alkyl halides is 3. The van der Waals surface area contributed by atoms with Crippen LogP contribution in [0.5, 0.6) is 11.6 Å². The molecule has 0 radical (unpaired) electrons. The Morgan fingerprint density at radius 3 is 2.62 bits per heavy atom. The summed E-state index contributed by atoms with van der Waals surface area (Å²) in [7, 11) is 0. The van der Waals surface area contributed by atoms with Crippen molar-refractivity contribution in [1.82, 2.24) is 14.8 Å². The first-order valence-electron chi connectivity index (χ1n) is 11.7. The number of amides is 1. The van der Waals surface area contributed by atoms with Crippen LogP contribution >= 0.6 is 11.3 Å². The number of rotatable bonds is 8. The predicted molar refractivity (Wildman–Crippen MR) is 129 cm³/mol. The van der Waals surface area contributed by atoms with Crippen molar-refractivity contribution < 1.29 is 27.4 Å². The van der Waals surface area contributed by atoms with E-state index in [0.29, 0.717) is 29.5 Å². The van der Waals surface area contributed by atoms with Gasteiger partial charge in [-0.25, -0.2) is 9.78 Å². The Labute approximate surface area is 215 Å². The van der Waals surface area contributed by atoms with Crippen LogP contribution in [0.3, 0.4) is 0 Å². The van der Waals surface area contributed by atoms with Gasteiger partial charge in [-0.15, -0.1) is 24.5 Å². The molecule has 7 nitrogen and oxygen atoms in total. The number of hydrogen-bond donors (Lipinski definition) is 0. The van der Waals surface area contributed by atoms with Crippen LogP contribution in [0.1, 0.15) is 16.7 Å². The van der Waals surface area contributed by atoms with E-state index in [1.165, 1.54) is 34.4 Å². The third-order valence-corrected chi connectivity index (χ3v) is 7.27. The molecule has 1 aliphatic carbocycles. The van der Waals surface area contributed by atoms with Gasteiger partial charge in [-0.3, -0.25) is 4.90 Å². The molecule has 2 aromatic carbocycles. The second-order valence-corrected chi connectivity index (χ2v) is 9.99. The average Bonchev–Trinajstić information content (AvgIpc) is 3.21. The zero-order valence-electron chi connectivity index (χ0n) is 19.6. The summed E-state index contributed by atoms with van der Waals surface area (Å²) in [6, 6.07) is 15.4. The molecule has 37 heavy (non-hydrogen) atoms. The number of likely N-dealkylation sites (tertiary alicyclic amines) is 1. The van der Waals surface area contributed by atoms with Crippen LogP contribution < -0.4 is 9.47 Å². The minimum absolute atomic E-state index is 0.0820. The molecule has 0 spiro atoms. The van der Waals surface area contributed by atoms with Crippen molar-refractivity contribution in [3.8, 4) is 17.7 Å². The Bertz CT molecular complexity index is 1280. The molecule has 11 heteroatoms. The molecule has 192 valence electrons. The number of nitrogens with zero attached hydrogens (tertiary/aromatic N) is 4. The second-order valence-electron chi connectivity index (χ2n) is 9.27.